The first kappa shape index (κ1) is 15.3. The van der Waals surface area contributed by atoms with E-state index in [0.717, 1.165) is 4.68 Å². The van der Waals surface area contributed by atoms with Gasteiger partial charge in [0, 0.05) is 11.2 Å². The van der Waals surface area contributed by atoms with Crippen LogP contribution in [0.25, 0.3) is 0 Å². The minimum atomic E-state index is -1.12. The van der Waals surface area contributed by atoms with E-state index in [1.165, 1.54) is 0 Å². The van der Waals surface area contributed by atoms with Crippen LogP contribution in [0.5, 0.6) is 0 Å². The van der Waals surface area contributed by atoms with E-state index in [2.05, 4.69) is 28.1 Å². The molecular formula is C10H17N5O3S. The SMILES string of the molecule is CC(C)(C)c1nnc(NC(CS)C(=O)O)n(N)c1=O. The summed E-state index contributed by atoms with van der Waals surface area (Å²) in [5.41, 5.74) is -0.814. The fourth-order valence-corrected chi connectivity index (χ4v) is 1.56. The molecule has 9 heteroatoms. The zero-order valence-corrected chi connectivity index (χ0v) is 11.8. The number of carbonyl (C=O) groups is 1. The Labute approximate surface area is 115 Å². The number of hydrogen-bond donors (Lipinski definition) is 4. The van der Waals surface area contributed by atoms with E-state index in [-0.39, 0.29) is 17.4 Å². The molecule has 0 aliphatic rings. The molecule has 19 heavy (non-hydrogen) atoms. The third kappa shape index (κ3) is 3.37. The summed E-state index contributed by atoms with van der Waals surface area (Å²) in [4.78, 5) is 22.9. The summed E-state index contributed by atoms with van der Waals surface area (Å²) in [5, 5.41) is 19.0. The van der Waals surface area contributed by atoms with E-state index >= 15 is 0 Å². The lowest BCUT2D eigenvalue weighted by molar-refractivity contribution is -0.137. The smallest absolute Gasteiger partial charge is 0.327 e. The summed E-state index contributed by atoms with van der Waals surface area (Å²) in [6.07, 6.45) is 0. The first-order chi connectivity index (χ1) is 8.68. The number of hydrogen-bond acceptors (Lipinski definition) is 7. The zero-order valence-electron chi connectivity index (χ0n) is 10.9. The number of aromatic nitrogens is 3. The van der Waals surface area contributed by atoms with Gasteiger partial charge in [-0.25, -0.2) is 4.79 Å². The van der Waals surface area contributed by atoms with Crippen LogP contribution in [0.4, 0.5) is 5.95 Å². The molecule has 1 aromatic heterocycles. The predicted molar refractivity (Wildman–Crippen MR) is 74.0 cm³/mol. The summed E-state index contributed by atoms with van der Waals surface area (Å²) in [6.45, 7) is 5.41. The molecule has 0 saturated heterocycles. The molecule has 1 heterocycles. The van der Waals surface area contributed by atoms with Crippen molar-refractivity contribution in [2.24, 2.45) is 0 Å². The maximum Gasteiger partial charge on any atom is 0.327 e. The lowest BCUT2D eigenvalue weighted by atomic mass is 9.93. The summed E-state index contributed by atoms with van der Waals surface area (Å²) in [5.74, 6) is 4.39. The number of nitrogen functional groups attached to an aromatic ring is 1. The van der Waals surface area contributed by atoms with Gasteiger partial charge in [0.25, 0.3) is 5.56 Å². The first-order valence-electron chi connectivity index (χ1n) is 5.54. The van der Waals surface area contributed by atoms with Crippen molar-refractivity contribution in [3.8, 4) is 0 Å². The van der Waals surface area contributed by atoms with E-state index < -0.39 is 23.0 Å². The fraction of sp³-hybridized carbons (Fsp3) is 0.600. The van der Waals surface area contributed by atoms with Crippen LogP contribution in [0.15, 0.2) is 4.79 Å². The van der Waals surface area contributed by atoms with Gasteiger partial charge in [0.15, 0.2) is 0 Å². The van der Waals surface area contributed by atoms with E-state index in [0.29, 0.717) is 0 Å². The lowest BCUT2D eigenvalue weighted by Gasteiger charge is -2.19. The molecule has 0 saturated carbocycles. The van der Waals surface area contributed by atoms with Crippen molar-refractivity contribution < 1.29 is 9.90 Å². The summed E-state index contributed by atoms with van der Waals surface area (Å²) in [7, 11) is 0. The van der Waals surface area contributed by atoms with Crippen molar-refractivity contribution >= 4 is 24.5 Å². The fourth-order valence-electron chi connectivity index (χ4n) is 1.31. The average molecular weight is 287 g/mol. The standard InChI is InChI=1S/C10H17N5O3S/c1-10(2,3)6-7(16)15(11)9(14-13-6)12-5(4-19)8(17)18/h5,19H,4,11H2,1-3H3,(H,12,14)(H,17,18). The minimum absolute atomic E-state index is 0.0201. The molecule has 1 atom stereocenters. The third-order valence-corrected chi connectivity index (χ3v) is 2.75. The van der Waals surface area contributed by atoms with Crippen LogP contribution in [0.3, 0.4) is 0 Å². The molecular weight excluding hydrogens is 270 g/mol. The zero-order chi connectivity index (χ0) is 14.8. The van der Waals surface area contributed by atoms with E-state index in [4.69, 9.17) is 10.9 Å². The number of rotatable bonds is 4. The Kier molecular flexibility index (Phi) is 4.40. The Morgan fingerprint density at radius 1 is 1.53 bits per heavy atom. The normalized spacial score (nSPS) is 13.1. The number of nitrogens with zero attached hydrogens (tertiary/aromatic N) is 3. The van der Waals surface area contributed by atoms with Crippen LogP contribution >= 0.6 is 12.6 Å². The molecule has 0 bridgehead atoms. The summed E-state index contributed by atoms with van der Waals surface area (Å²) in [6, 6.07) is -1.01. The van der Waals surface area contributed by atoms with Crippen LogP contribution in [-0.4, -0.2) is 37.7 Å². The number of carboxylic acid groups (broad SMARTS) is 1. The lowest BCUT2D eigenvalue weighted by Crippen LogP contribution is -2.41. The molecule has 8 nitrogen and oxygen atoms in total. The summed E-state index contributed by atoms with van der Waals surface area (Å²) >= 11 is 3.89. The second-order valence-corrected chi connectivity index (χ2v) is 5.38. The Morgan fingerprint density at radius 3 is 2.53 bits per heavy atom. The van der Waals surface area contributed by atoms with Crippen molar-refractivity contribution in [3.05, 3.63) is 16.0 Å². The average Bonchev–Trinajstić information content (AvgIpc) is 2.28. The predicted octanol–water partition coefficient (Wildman–Crippen LogP) is -0.555. The van der Waals surface area contributed by atoms with Crippen LogP contribution < -0.4 is 16.7 Å². The molecule has 1 unspecified atom stereocenters. The highest BCUT2D eigenvalue weighted by molar-refractivity contribution is 7.80. The van der Waals surface area contributed by atoms with Crippen molar-refractivity contribution in [1.82, 2.24) is 14.9 Å². The van der Waals surface area contributed by atoms with Gasteiger partial charge in [0.05, 0.1) is 0 Å². The molecule has 1 rings (SSSR count). The van der Waals surface area contributed by atoms with Crippen LogP contribution in [0, 0.1) is 0 Å². The molecule has 0 aliphatic heterocycles. The monoisotopic (exact) mass is 287 g/mol. The number of thiol groups is 1. The molecule has 4 N–H and O–H groups in total. The maximum atomic E-state index is 12.0. The third-order valence-electron chi connectivity index (χ3n) is 2.39. The Morgan fingerprint density at radius 2 is 2.11 bits per heavy atom. The maximum absolute atomic E-state index is 12.0. The highest BCUT2D eigenvalue weighted by atomic mass is 32.1. The van der Waals surface area contributed by atoms with Gasteiger partial charge in [0.2, 0.25) is 5.95 Å². The van der Waals surface area contributed by atoms with Gasteiger partial charge in [0.1, 0.15) is 11.7 Å². The van der Waals surface area contributed by atoms with Gasteiger partial charge in [-0.05, 0) is 0 Å². The molecule has 0 radical (unpaired) electrons. The van der Waals surface area contributed by atoms with Gasteiger partial charge in [-0.3, -0.25) is 4.79 Å². The molecule has 0 spiro atoms. The van der Waals surface area contributed by atoms with Gasteiger partial charge < -0.3 is 16.3 Å². The molecule has 106 valence electrons. The highest BCUT2D eigenvalue weighted by Gasteiger charge is 2.24. The van der Waals surface area contributed by atoms with E-state index in [9.17, 15) is 9.59 Å². The van der Waals surface area contributed by atoms with Gasteiger partial charge in [-0.15, -0.1) is 10.2 Å². The summed E-state index contributed by atoms with van der Waals surface area (Å²) < 4.78 is 0.757. The first-order valence-corrected chi connectivity index (χ1v) is 6.17. The molecule has 1 aromatic rings. The van der Waals surface area contributed by atoms with Crippen molar-refractivity contribution in [3.63, 3.8) is 0 Å². The van der Waals surface area contributed by atoms with Crippen molar-refractivity contribution in [1.29, 1.82) is 0 Å². The molecule has 0 aromatic carbocycles. The Balaban J connectivity index is 3.17. The molecule has 0 amide bonds. The van der Waals surface area contributed by atoms with E-state index in [1.807, 2.05) is 0 Å². The number of aliphatic carboxylic acids is 1. The van der Waals surface area contributed by atoms with Crippen LogP contribution in [0.1, 0.15) is 26.5 Å². The van der Waals surface area contributed by atoms with Gasteiger partial charge in [-0.1, -0.05) is 20.8 Å². The largest absolute Gasteiger partial charge is 0.480 e. The number of nitrogens with one attached hydrogen (secondary N) is 1. The van der Waals surface area contributed by atoms with Crippen LogP contribution in [-0.2, 0) is 10.2 Å². The van der Waals surface area contributed by atoms with Gasteiger partial charge >= 0.3 is 5.97 Å². The Hall–Kier alpha value is -1.77. The quantitative estimate of drug-likeness (QED) is 0.432. The topological polar surface area (TPSA) is 123 Å². The number of anilines is 1. The van der Waals surface area contributed by atoms with Crippen molar-refractivity contribution in [2.75, 3.05) is 16.9 Å². The second-order valence-electron chi connectivity index (χ2n) is 5.02. The van der Waals surface area contributed by atoms with Crippen molar-refractivity contribution in [2.45, 2.75) is 32.2 Å². The molecule has 0 aliphatic carbocycles. The van der Waals surface area contributed by atoms with E-state index in [1.54, 1.807) is 20.8 Å². The second kappa shape index (κ2) is 5.47. The van der Waals surface area contributed by atoms with Gasteiger partial charge in [-0.2, -0.15) is 17.3 Å². The number of nitrogens with two attached hydrogens (primary N) is 1. The molecule has 0 fully saturated rings. The minimum Gasteiger partial charge on any atom is -0.480 e. The Bertz CT molecular complexity index is 537. The highest BCUT2D eigenvalue weighted by Crippen LogP contribution is 2.15. The number of carboxylic acids is 1. The van der Waals surface area contributed by atoms with Crippen LogP contribution in [0.2, 0.25) is 0 Å².